The van der Waals surface area contributed by atoms with Crippen molar-refractivity contribution in [3.05, 3.63) is 50.7 Å². The Morgan fingerprint density at radius 2 is 2.00 bits per heavy atom. The van der Waals surface area contributed by atoms with E-state index >= 15 is 0 Å². The minimum atomic E-state index is -0.851. The van der Waals surface area contributed by atoms with E-state index in [0.29, 0.717) is 10.9 Å². The molecule has 2 aromatic heterocycles. The van der Waals surface area contributed by atoms with Crippen molar-refractivity contribution in [3.63, 3.8) is 0 Å². The van der Waals surface area contributed by atoms with Gasteiger partial charge in [0.05, 0.1) is 6.54 Å². The first-order valence-electron chi connectivity index (χ1n) is 8.58. The fourth-order valence-electron chi connectivity index (χ4n) is 2.82. The van der Waals surface area contributed by atoms with Crippen LogP contribution in [-0.4, -0.2) is 43.2 Å². The number of aromatic nitrogens is 4. The number of aliphatic hydroxyl groups is 1. The van der Waals surface area contributed by atoms with Crippen molar-refractivity contribution in [2.24, 2.45) is 7.05 Å². The Hall–Kier alpha value is -2.52. The normalized spacial score (nSPS) is 12.4. The summed E-state index contributed by atoms with van der Waals surface area (Å²) in [4.78, 5) is 30.7. The minimum absolute atomic E-state index is 0.0721. The number of rotatable bonds is 7. The molecule has 1 aromatic carbocycles. The van der Waals surface area contributed by atoms with Gasteiger partial charge in [0.2, 0.25) is 0 Å². The molecule has 0 bridgehead atoms. The summed E-state index contributed by atoms with van der Waals surface area (Å²) in [5, 5.41) is 11.0. The lowest BCUT2D eigenvalue weighted by molar-refractivity contribution is 0.0914. The van der Waals surface area contributed by atoms with Gasteiger partial charge in [0, 0.05) is 7.05 Å². The predicted molar refractivity (Wildman–Crippen MR) is 105 cm³/mol. The standard InChI is InChI=1S/C18H22N4O4S/c1-4-11-5-7-13(8-6-11)26-10-12(23)9-22-14-15(19-18(22)27-3)21(2)17(25)20-16(14)24/h5-8,12,23H,4,9-10H2,1-3H3,(H,20,24,25). The zero-order chi connectivity index (χ0) is 19.6. The van der Waals surface area contributed by atoms with Gasteiger partial charge in [0.1, 0.15) is 18.5 Å². The highest BCUT2D eigenvalue weighted by molar-refractivity contribution is 7.98. The topological polar surface area (TPSA) is 102 Å². The van der Waals surface area contributed by atoms with E-state index in [2.05, 4.69) is 16.9 Å². The van der Waals surface area contributed by atoms with Gasteiger partial charge in [-0.05, 0) is 30.4 Å². The number of fused-ring (bicyclic) bond motifs is 1. The Kier molecular flexibility index (Phi) is 5.71. The molecule has 144 valence electrons. The molecule has 0 aliphatic heterocycles. The maximum atomic E-state index is 12.3. The average molecular weight is 390 g/mol. The molecule has 0 radical (unpaired) electrons. The summed E-state index contributed by atoms with van der Waals surface area (Å²) >= 11 is 1.34. The number of nitrogens with one attached hydrogen (secondary N) is 1. The summed E-state index contributed by atoms with van der Waals surface area (Å²) in [7, 11) is 1.54. The Bertz CT molecular complexity index is 1050. The predicted octanol–water partition coefficient (Wildman–Crippen LogP) is 1.15. The molecule has 3 aromatic rings. The second kappa shape index (κ2) is 8.01. The molecule has 0 saturated carbocycles. The van der Waals surface area contributed by atoms with Crippen molar-refractivity contribution < 1.29 is 9.84 Å². The summed E-state index contributed by atoms with van der Waals surface area (Å²) in [6.45, 7) is 2.28. The molecule has 0 aliphatic rings. The van der Waals surface area contributed by atoms with E-state index in [1.807, 2.05) is 30.5 Å². The molecule has 2 N–H and O–H groups in total. The van der Waals surface area contributed by atoms with Crippen LogP contribution in [0.4, 0.5) is 0 Å². The first kappa shape index (κ1) is 19.2. The maximum Gasteiger partial charge on any atom is 0.329 e. The zero-order valence-corrected chi connectivity index (χ0v) is 16.2. The van der Waals surface area contributed by atoms with Gasteiger partial charge in [0.25, 0.3) is 5.56 Å². The van der Waals surface area contributed by atoms with Gasteiger partial charge in [-0.15, -0.1) is 0 Å². The Labute approximate surface area is 159 Å². The zero-order valence-electron chi connectivity index (χ0n) is 15.4. The van der Waals surface area contributed by atoms with Gasteiger partial charge in [-0.2, -0.15) is 0 Å². The van der Waals surface area contributed by atoms with Crippen molar-refractivity contribution in [1.29, 1.82) is 0 Å². The van der Waals surface area contributed by atoms with Crippen LogP contribution in [0.15, 0.2) is 39.0 Å². The fraction of sp³-hybridized carbons (Fsp3) is 0.389. The third-order valence-corrected chi connectivity index (χ3v) is 5.00. The molecular formula is C18H22N4O4S. The molecule has 0 aliphatic carbocycles. The van der Waals surface area contributed by atoms with Crippen LogP contribution in [0.25, 0.3) is 11.2 Å². The van der Waals surface area contributed by atoms with Gasteiger partial charge in [-0.3, -0.25) is 14.3 Å². The number of nitrogens with zero attached hydrogens (tertiary/aromatic N) is 3. The van der Waals surface area contributed by atoms with E-state index in [1.165, 1.54) is 21.9 Å². The van der Waals surface area contributed by atoms with E-state index in [1.54, 1.807) is 11.6 Å². The SMILES string of the molecule is CCc1ccc(OCC(O)Cn2c(SC)nc3c2c(=O)[nH]c(=O)n3C)cc1. The maximum absolute atomic E-state index is 12.3. The second-order valence-corrected chi connectivity index (χ2v) is 6.94. The van der Waals surface area contributed by atoms with E-state index in [9.17, 15) is 14.7 Å². The summed E-state index contributed by atoms with van der Waals surface area (Å²) < 4.78 is 8.54. The molecule has 8 nitrogen and oxygen atoms in total. The summed E-state index contributed by atoms with van der Waals surface area (Å²) in [5.41, 5.74) is 0.708. The van der Waals surface area contributed by atoms with Gasteiger partial charge in [-0.1, -0.05) is 30.8 Å². The highest BCUT2D eigenvalue weighted by Crippen LogP contribution is 2.20. The highest BCUT2D eigenvalue weighted by Gasteiger charge is 2.19. The molecule has 27 heavy (non-hydrogen) atoms. The van der Waals surface area contributed by atoms with E-state index in [-0.39, 0.29) is 24.3 Å². The second-order valence-electron chi connectivity index (χ2n) is 6.16. The van der Waals surface area contributed by atoms with Crippen LogP contribution in [0.1, 0.15) is 12.5 Å². The van der Waals surface area contributed by atoms with Crippen molar-refractivity contribution in [3.8, 4) is 5.75 Å². The van der Waals surface area contributed by atoms with Crippen molar-refractivity contribution in [1.82, 2.24) is 19.1 Å². The number of hydrogen-bond acceptors (Lipinski definition) is 6. The molecule has 9 heteroatoms. The molecule has 0 saturated heterocycles. The van der Waals surface area contributed by atoms with Crippen LogP contribution in [0, 0.1) is 0 Å². The van der Waals surface area contributed by atoms with E-state index in [0.717, 1.165) is 6.42 Å². The van der Waals surface area contributed by atoms with Crippen molar-refractivity contribution in [2.75, 3.05) is 12.9 Å². The molecule has 0 amide bonds. The lowest BCUT2D eigenvalue weighted by Gasteiger charge is -2.15. The fourth-order valence-corrected chi connectivity index (χ4v) is 3.38. The molecule has 3 rings (SSSR count). The highest BCUT2D eigenvalue weighted by atomic mass is 32.2. The van der Waals surface area contributed by atoms with Gasteiger partial charge < -0.3 is 14.4 Å². The molecule has 0 spiro atoms. The van der Waals surface area contributed by atoms with Crippen LogP contribution in [-0.2, 0) is 20.0 Å². The minimum Gasteiger partial charge on any atom is -0.491 e. The van der Waals surface area contributed by atoms with Gasteiger partial charge >= 0.3 is 5.69 Å². The first-order valence-corrected chi connectivity index (χ1v) is 9.80. The monoisotopic (exact) mass is 390 g/mol. The third-order valence-electron chi connectivity index (χ3n) is 4.32. The quantitative estimate of drug-likeness (QED) is 0.587. The van der Waals surface area contributed by atoms with Crippen LogP contribution < -0.4 is 16.0 Å². The number of H-pyrrole nitrogens is 1. The van der Waals surface area contributed by atoms with Gasteiger partial charge in [0.15, 0.2) is 16.3 Å². The molecule has 0 fully saturated rings. The third kappa shape index (κ3) is 3.93. The van der Waals surface area contributed by atoms with Crippen molar-refractivity contribution >= 4 is 22.9 Å². The average Bonchev–Trinajstić information content (AvgIpc) is 3.04. The Morgan fingerprint density at radius 1 is 1.30 bits per heavy atom. The smallest absolute Gasteiger partial charge is 0.329 e. The van der Waals surface area contributed by atoms with Crippen LogP contribution in [0.3, 0.4) is 0 Å². The number of aliphatic hydroxyl groups excluding tert-OH is 1. The molecule has 1 atom stereocenters. The molecular weight excluding hydrogens is 368 g/mol. The number of imidazole rings is 1. The lowest BCUT2D eigenvalue weighted by atomic mass is 10.2. The lowest BCUT2D eigenvalue weighted by Crippen LogP contribution is -2.30. The van der Waals surface area contributed by atoms with Crippen LogP contribution in [0.5, 0.6) is 5.75 Å². The van der Waals surface area contributed by atoms with Crippen LogP contribution in [0.2, 0.25) is 0 Å². The van der Waals surface area contributed by atoms with E-state index < -0.39 is 17.4 Å². The number of hydrogen-bond donors (Lipinski definition) is 2. The Balaban J connectivity index is 1.81. The summed E-state index contributed by atoms with van der Waals surface area (Å²) in [6, 6.07) is 7.70. The largest absolute Gasteiger partial charge is 0.491 e. The van der Waals surface area contributed by atoms with Crippen molar-refractivity contribution in [2.45, 2.75) is 31.1 Å². The number of aryl methyl sites for hydroxylation is 2. The number of aromatic amines is 1. The number of thioether (sulfide) groups is 1. The first-order chi connectivity index (χ1) is 12.9. The number of ether oxygens (including phenoxy) is 1. The van der Waals surface area contributed by atoms with Crippen LogP contribution >= 0.6 is 11.8 Å². The van der Waals surface area contributed by atoms with Gasteiger partial charge in [-0.25, -0.2) is 9.78 Å². The molecule has 1 unspecified atom stereocenters. The summed E-state index contributed by atoms with van der Waals surface area (Å²) in [5.74, 6) is 0.673. The Morgan fingerprint density at radius 3 is 2.63 bits per heavy atom. The number of benzene rings is 1. The summed E-state index contributed by atoms with van der Waals surface area (Å²) in [6.07, 6.45) is 1.92. The molecule has 2 heterocycles. The van der Waals surface area contributed by atoms with E-state index in [4.69, 9.17) is 4.74 Å².